The Morgan fingerprint density at radius 2 is 1.51 bits per heavy atom. The van der Waals surface area contributed by atoms with Crippen molar-refractivity contribution in [1.29, 1.82) is 5.26 Å². The Balaban J connectivity index is 1.14. The molecule has 2 saturated heterocycles. The van der Waals surface area contributed by atoms with Gasteiger partial charge >= 0.3 is 0 Å². The Bertz CT molecular complexity index is 1180. The van der Waals surface area contributed by atoms with E-state index >= 15 is 0 Å². The average Bonchev–Trinajstić information content (AvgIpc) is 2.94. The highest BCUT2D eigenvalue weighted by Crippen LogP contribution is 2.19. The number of nitrogens with zero attached hydrogens (tertiary/aromatic N) is 7. The fourth-order valence-electron chi connectivity index (χ4n) is 4.17. The van der Waals surface area contributed by atoms with Crippen LogP contribution in [0.25, 0.3) is 0 Å². The number of morpholine rings is 1. The monoisotopic (exact) mass is 470 g/mol. The Labute approximate surface area is 203 Å². The van der Waals surface area contributed by atoms with Gasteiger partial charge in [-0.15, -0.1) is 0 Å². The third-order valence-electron chi connectivity index (χ3n) is 6.17. The van der Waals surface area contributed by atoms with Crippen LogP contribution in [0, 0.1) is 11.3 Å². The number of nitriles is 1. The lowest BCUT2D eigenvalue weighted by atomic mass is 10.1. The topological polar surface area (TPSA) is 111 Å². The molecule has 4 heterocycles. The summed E-state index contributed by atoms with van der Waals surface area (Å²) in [5.41, 5.74) is 2.78. The summed E-state index contributed by atoms with van der Waals surface area (Å²) in [5, 5.41) is 11.8. The molecule has 0 radical (unpaired) electrons. The van der Waals surface area contributed by atoms with E-state index in [1.165, 1.54) is 0 Å². The minimum absolute atomic E-state index is 0.196. The van der Waals surface area contributed by atoms with Crippen molar-refractivity contribution < 1.29 is 9.53 Å². The third kappa shape index (κ3) is 5.31. The molecule has 0 aliphatic carbocycles. The van der Waals surface area contributed by atoms with Crippen molar-refractivity contribution in [3.8, 4) is 6.07 Å². The van der Waals surface area contributed by atoms with Crippen LogP contribution >= 0.6 is 0 Å². The Morgan fingerprint density at radius 3 is 2.14 bits per heavy atom. The molecule has 2 aliphatic heterocycles. The van der Waals surface area contributed by atoms with Crippen LogP contribution < -0.4 is 20.0 Å². The van der Waals surface area contributed by atoms with Crippen LogP contribution in [0.4, 0.5) is 23.1 Å². The number of carbonyl (C=O) groups is 1. The van der Waals surface area contributed by atoms with Crippen LogP contribution in [-0.2, 0) is 4.74 Å². The first kappa shape index (κ1) is 22.6. The molecule has 178 valence electrons. The summed E-state index contributed by atoms with van der Waals surface area (Å²) < 4.78 is 5.39. The van der Waals surface area contributed by atoms with Crippen LogP contribution in [0.5, 0.6) is 0 Å². The molecule has 0 atom stereocenters. The van der Waals surface area contributed by atoms with Gasteiger partial charge in [0.15, 0.2) is 0 Å². The van der Waals surface area contributed by atoms with E-state index < -0.39 is 0 Å². The highest BCUT2D eigenvalue weighted by atomic mass is 16.5. The molecule has 2 fully saturated rings. The summed E-state index contributed by atoms with van der Waals surface area (Å²) in [6.45, 7) is 6.23. The standard InChI is InChI=1S/C25H26N8O2/c26-15-19-1-6-23(27-16-19)32-7-9-33(10-8-32)25-28-17-21(18-29-25)30-24(34)20-2-4-22(5-3-20)31-11-13-35-14-12-31/h1-6,16-18H,7-14H2,(H,30,34). The largest absolute Gasteiger partial charge is 0.378 e. The number of anilines is 4. The van der Waals surface area contributed by atoms with Gasteiger partial charge in [0.1, 0.15) is 11.9 Å². The van der Waals surface area contributed by atoms with Crippen molar-refractivity contribution >= 4 is 29.0 Å². The van der Waals surface area contributed by atoms with Gasteiger partial charge in [-0.3, -0.25) is 4.79 Å². The Kier molecular flexibility index (Phi) is 6.68. The zero-order chi connectivity index (χ0) is 24.0. The molecule has 1 aromatic carbocycles. The number of pyridine rings is 1. The molecule has 0 unspecified atom stereocenters. The fraction of sp³-hybridized carbons (Fsp3) is 0.320. The number of aromatic nitrogens is 3. The number of piperazine rings is 1. The second-order valence-corrected chi connectivity index (χ2v) is 8.36. The van der Waals surface area contributed by atoms with Gasteiger partial charge in [0.05, 0.1) is 36.9 Å². The van der Waals surface area contributed by atoms with Crippen molar-refractivity contribution in [1.82, 2.24) is 15.0 Å². The maximum absolute atomic E-state index is 12.7. The summed E-state index contributed by atoms with van der Waals surface area (Å²) in [5.74, 6) is 1.30. The fourth-order valence-corrected chi connectivity index (χ4v) is 4.17. The summed E-state index contributed by atoms with van der Waals surface area (Å²) in [7, 11) is 0. The number of benzene rings is 1. The van der Waals surface area contributed by atoms with E-state index in [2.05, 4.69) is 41.0 Å². The molecule has 10 heteroatoms. The van der Waals surface area contributed by atoms with Gasteiger partial charge in [-0.25, -0.2) is 15.0 Å². The van der Waals surface area contributed by atoms with Gasteiger partial charge in [0.25, 0.3) is 5.91 Å². The van der Waals surface area contributed by atoms with Crippen molar-refractivity contribution in [2.75, 3.05) is 72.5 Å². The zero-order valence-corrected chi connectivity index (χ0v) is 19.3. The van der Waals surface area contributed by atoms with E-state index in [9.17, 15) is 4.79 Å². The van der Waals surface area contributed by atoms with E-state index in [1.54, 1.807) is 24.7 Å². The molecule has 5 rings (SSSR count). The molecule has 1 amide bonds. The molecule has 2 aliphatic rings. The minimum atomic E-state index is -0.196. The van der Waals surface area contributed by atoms with E-state index in [-0.39, 0.29) is 5.91 Å². The van der Waals surface area contributed by atoms with Gasteiger partial charge in [-0.05, 0) is 36.4 Å². The number of rotatable bonds is 5. The highest BCUT2D eigenvalue weighted by molar-refractivity contribution is 6.04. The molecule has 10 nitrogen and oxygen atoms in total. The quantitative estimate of drug-likeness (QED) is 0.600. The minimum Gasteiger partial charge on any atom is -0.378 e. The summed E-state index contributed by atoms with van der Waals surface area (Å²) in [6, 6.07) is 13.3. The highest BCUT2D eigenvalue weighted by Gasteiger charge is 2.20. The van der Waals surface area contributed by atoms with E-state index in [1.807, 2.05) is 30.3 Å². The molecule has 35 heavy (non-hydrogen) atoms. The molecular formula is C25H26N8O2. The lowest BCUT2D eigenvalue weighted by molar-refractivity contribution is 0.102. The second kappa shape index (κ2) is 10.4. The molecule has 0 bridgehead atoms. The lowest BCUT2D eigenvalue weighted by Crippen LogP contribution is -2.47. The first-order chi connectivity index (χ1) is 17.2. The molecule has 2 aromatic heterocycles. The van der Waals surface area contributed by atoms with Crippen molar-refractivity contribution in [2.24, 2.45) is 0 Å². The predicted molar refractivity (Wildman–Crippen MR) is 133 cm³/mol. The lowest BCUT2D eigenvalue weighted by Gasteiger charge is -2.35. The van der Waals surface area contributed by atoms with Gasteiger partial charge in [0.2, 0.25) is 5.95 Å². The van der Waals surface area contributed by atoms with Crippen molar-refractivity contribution in [3.63, 3.8) is 0 Å². The second-order valence-electron chi connectivity index (χ2n) is 8.36. The van der Waals surface area contributed by atoms with E-state index in [0.717, 1.165) is 64.0 Å². The normalized spacial score (nSPS) is 16.0. The Hall–Kier alpha value is -4.23. The van der Waals surface area contributed by atoms with Gasteiger partial charge < -0.3 is 24.8 Å². The summed E-state index contributed by atoms with van der Waals surface area (Å²) in [6.07, 6.45) is 4.87. The average molecular weight is 471 g/mol. The van der Waals surface area contributed by atoms with Crippen LogP contribution in [0.15, 0.2) is 55.0 Å². The number of carbonyl (C=O) groups excluding carboxylic acids is 1. The number of hydrogen-bond donors (Lipinski definition) is 1. The SMILES string of the molecule is N#Cc1ccc(N2CCN(c3ncc(NC(=O)c4ccc(N5CCOCC5)cc4)cn3)CC2)nc1. The first-order valence-electron chi connectivity index (χ1n) is 11.6. The van der Waals surface area contributed by atoms with Crippen molar-refractivity contribution in [2.45, 2.75) is 0 Å². The molecule has 0 spiro atoms. The predicted octanol–water partition coefficient (Wildman–Crippen LogP) is 2.16. The van der Waals surface area contributed by atoms with Crippen LogP contribution in [0.3, 0.4) is 0 Å². The number of hydrogen-bond acceptors (Lipinski definition) is 9. The maximum Gasteiger partial charge on any atom is 0.255 e. The molecular weight excluding hydrogens is 444 g/mol. The smallest absolute Gasteiger partial charge is 0.255 e. The van der Waals surface area contributed by atoms with Crippen LogP contribution in [0.1, 0.15) is 15.9 Å². The molecule has 1 N–H and O–H groups in total. The van der Waals surface area contributed by atoms with Crippen LogP contribution in [-0.4, -0.2) is 73.3 Å². The number of amides is 1. The summed E-state index contributed by atoms with van der Waals surface area (Å²) in [4.78, 5) is 32.5. The maximum atomic E-state index is 12.7. The third-order valence-corrected chi connectivity index (χ3v) is 6.17. The number of nitrogens with one attached hydrogen (secondary N) is 1. The zero-order valence-electron chi connectivity index (χ0n) is 19.3. The van der Waals surface area contributed by atoms with Crippen LogP contribution in [0.2, 0.25) is 0 Å². The van der Waals surface area contributed by atoms with Crippen molar-refractivity contribution in [3.05, 3.63) is 66.1 Å². The summed E-state index contributed by atoms with van der Waals surface area (Å²) >= 11 is 0. The van der Waals surface area contributed by atoms with Gasteiger partial charge in [-0.1, -0.05) is 0 Å². The van der Waals surface area contributed by atoms with Gasteiger partial charge in [-0.2, -0.15) is 5.26 Å². The molecule has 0 saturated carbocycles. The number of ether oxygens (including phenoxy) is 1. The van der Waals surface area contributed by atoms with E-state index in [4.69, 9.17) is 10.00 Å². The Morgan fingerprint density at radius 1 is 0.829 bits per heavy atom. The molecule has 3 aromatic rings. The van der Waals surface area contributed by atoms with Gasteiger partial charge in [0, 0.05) is 56.7 Å². The first-order valence-corrected chi connectivity index (χ1v) is 11.6. The van der Waals surface area contributed by atoms with E-state index in [0.29, 0.717) is 22.8 Å².